The average molecular weight is 278 g/mol. The van der Waals surface area contributed by atoms with E-state index in [2.05, 4.69) is 10.1 Å². The minimum absolute atomic E-state index is 0.0222. The summed E-state index contributed by atoms with van der Waals surface area (Å²) in [7, 11) is -0.0436. The average Bonchev–Trinajstić information content (AvgIpc) is 2.78. The number of nitrogens with zero attached hydrogens (tertiary/aromatic N) is 1. The van der Waals surface area contributed by atoms with Gasteiger partial charge in [-0.1, -0.05) is 0 Å². The zero-order valence-electron chi connectivity index (χ0n) is 11.0. The second-order valence-corrected chi connectivity index (χ2v) is 6.65. The van der Waals surface area contributed by atoms with Crippen molar-refractivity contribution in [3.8, 4) is 0 Å². The Morgan fingerprint density at radius 2 is 2.22 bits per heavy atom. The van der Waals surface area contributed by atoms with E-state index < -0.39 is 10.0 Å². The molecule has 1 atom stereocenters. The molecule has 0 aromatic rings. The molecular weight excluding hydrogens is 256 g/mol. The van der Waals surface area contributed by atoms with Gasteiger partial charge in [0.05, 0.1) is 12.9 Å². The van der Waals surface area contributed by atoms with Crippen LogP contribution in [-0.2, 0) is 19.6 Å². The number of hydrogen-bond donors (Lipinski definition) is 1. The van der Waals surface area contributed by atoms with Crippen molar-refractivity contribution in [3.05, 3.63) is 0 Å². The van der Waals surface area contributed by atoms with Crippen LogP contribution in [0, 0.1) is 5.92 Å². The lowest BCUT2D eigenvalue weighted by Gasteiger charge is -2.16. The minimum Gasteiger partial charge on any atom is -0.469 e. The summed E-state index contributed by atoms with van der Waals surface area (Å²) in [6.07, 6.45) is 1.38. The van der Waals surface area contributed by atoms with Crippen molar-refractivity contribution >= 4 is 16.0 Å². The second-order valence-electron chi connectivity index (χ2n) is 4.57. The van der Waals surface area contributed by atoms with Gasteiger partial charge in [-0.15, -0.1) is 0 Å². The molecule has 1 unspecified atom stereocenters. The number of carbonyl (C=O) groups excluding carboxylic acids is 1. The van der Waals surface area contributed by atoms with Crippen LogP contribution in [0.2, 0.25) is 0 Å². The third kappa shape index (κ3) is 4.55. The molecule has 1 rings (SSSR count). The molecule has 1 aliphatic rings. The highest BCUT2D eigenvalue weighted by Crippen LogP contribution is 2.19. The van der Waals surface area contributed by atoms with Crippen LogP contribution in [0.3, 0.4) is 0 Å². The van der Waals surface area contributed by atoms with Gasteiger partial charge in [0.1, 0.15) is 0 Å². The van der Waals surface area contributed by atoms with Crippen molar-refractivity contribution in [1.29, 1.82) is 0 Å². The molecule has 0 spiro atoms. The summed E-state index contributed by atoms with van der Waals surface area (Å²) in [6, 6.07) is 0. The van der Waals surface area contributed by atoms with Gasteiger partial charge in [0, 0.05) is 19.5 Å². The van der Waals surface area contributed by atoms with Gasteiger partial charge in [0.2, 0.25) is 10.0 Å². The summed E-state index contributed by atoms with van der Waals surface area (Å²) in [5, 5.41) is 3.06. The van der Waals surface area contributed by atoms with Gasteiger partial charge in [0.25, 0.3) is 0 Å². The van der Waals surface area contributed by atoms with Crippen LogP contribution in [0.4, 0.5) is 0 Å². The van der Waals surface area contributed by atoms with E-state index in [1.54, 1.807) is 0 Å². The van der Waals surface area contributed by atoms with Gasteiger partial charge >= 0.3 is 5.97 Å². The molecule has 0 aromatic carbocycles. The molecule has 0 bridgehead atoms. The van der Waals surface area contributed by atoms with Gasteiger partial charge in [-0.25, -0.2) is 12.7 Å². The fraction of sp³-hybridized carbons (Fsp3) is 0.909. The zero-order valence-corrected chi connectivity index (χ0v) is 11.8. The van der Waals surface area contributed by atoms with Crippen LogP contribution in [0.25, 0.3) is 0 Å². The molecular formula is C11H22N2O4S. The maximum atomic E-state index is 12.0. The SMILES string of the molecule is CNCC1CCN(S(=O)(=O)CCCC(=O)OC)C1. The minimum atomic E-state index is -3.22. The van der Waals surface area contributed by atoms with Gasteiger partial charge in [0.15, 0.2) is 0 Å². The highest BCUT2D eigenvalue weighted by atomic mass is 32.2. The number of nitrogens with one attached hydrogen (secondary N) is 1. The maximum absolute atomic E-state index is 12.0. The van der Waals surface area contributed by atoms with Crippen molar-refractivity contribution in [2.45, 2.75) is 19.3 Å². The summed E-state index contributed by atoms with van der Waals surface area (Å²) >= 11 is 0. The Morgan fingerprint density at radius 1 is 1.50 bits per heavy atom. The van der Waals surface area contributed by atoms with Crippen LogP contribution in [-0.4, -0.2) is 58.2 Å². The lowest BCUT2D eigenvalue weighted by molar-refractivity contribution is -0.140. The Hall–Kier alpha value is -0.660. The van der Waals surface area contributed by atoms with E-state index in [4.69, 9.17) is 0 Å². The van der Waals surface area contributed by atoms with E-state index in [0.29, 0.717) is 25.4 Å². The molecule has 1 heterocycles. The summed E-state index contributed by atoms with van der Waals surface area (Å²) in [4.78, 5) is 10.9. The number of ether oxygens (including phenoxy) is 1. The fourth-order valence-corrected chi connectivity index (χ4v) is 3.72. The van der Waals surface area contributed by atoms with E-state index in [1.807, 2.05) is 7.05 Å². The summed E-state index contributed by atoms with van der Waals surface area (Å²) < 4.78 is 30.0. The van der Waals surface area contributed by atoms with E-state index >= 15 is 0 Å². The van der Waals surface area contributed by atoms with E-state index in [9.17, 15) is 13.2 Å². The van der Waals surface area contributed by atoms with Crippen LogP contribution >= 0.6 is 0 Å². The van der Waals surface area contributed by atoms with Crippen molar-refractivity contribution in [1.82, 2.24) is 9.62 Å². The topological polar surface area (TPSA) is 75.7 Å². The monoisotopic (exact) mass is 278 g/mol. The molecule has 0 saturated carbocycles. The fourth-order valence-electron chi connectivity index (χ4n) is 2.14. The smallest absolute Gasteiger partial charge is 0.305 e. The molecule has 0 aliphatic carbocycles. The quantitative estimate of drug-likeness (QED) is 0.653. The zero-order chi connectivity index (χ0) is 13.6. The molecule has 1 fully saturated rings. The number of hydrogen-bond acceptors (Lipinski definition) is 5. The van der Waals surface area contributed by atoms with Crippen molar-refractivity contribution in [3.63, 3.8) is 0 Å². The molecule has 0 amide bonds. The second kappa shape index (κ2) is 7.06. The largest absolute Gasteiger partial charge is 0.469 e. The third-order valence-electron chi connectivity index (χ3n) is 3.15. The number of sulfonamides is 1. The van der Waals surface area contributed by atoms with Crippen molar-refractivity contribution in [2.24, 2.45) is 5.92 Å². The van der Waals surface area contributed by atoms with E-state index in [0.717, 1.165) is 13.0 Å². The summed E-state index contributed by atoms with van der Waals surface area (Å²) in [6.45, 7) is 2.02. The molecule has 7 heteroatoms. The van der Waals surface area contributed by atoms with Gasteiger partial charge in [-0.3, -0.25) is 4.79 Å². The third-order valence-corrected chi connectivity index (χ3v) is 5.07. The van der Waals surface area contributed by atoms with Gasteiger partial charge in [-0.2, -0.15) is 0 Å². The van der Waals surface area contributed by atoms with Gasteiger partial charge < -0.3 is 10.1 Å². The molecule has 18 heavy (non-hydrogen) atoms. The lowest BCUT2D eigenvalue weighted by Crippen LogP contribution is -2.32. The Kier molecular flexibility index (Phi) is 6.04. The van der Waals surface area contributed by atoms with Crippen LogP contribution in [0.1, 0.15) is 19.3 Å². The highest BCUT2D eigenvalue weighted by molar-refractivity contribution is 7.89. The van der Waals surface area contributed by atoms with E-state index in [1.165, 1.54) is 11.4 Å². The molecule has 6 nitrogen and oxygen atoms in total. The first kappa shape index (κ1) is 15.4. The van der Waals surface area contributed by atoms with Crippen molar-refractivity contribution in [2.75, 3.05) is 39.5 Å². The number of methoxy groups -OCH3 is 1. The van der Waals surface area contributed by atoms with E-state index in [-0.39, 0.29) is 18.1 Å². The highest BCUT2D eigenvalue weighted by Gasteiger charge is 2.30. The molecule has 106 valence electrons. The Morgan fingerprint density at radius 3 is 2.83 bits per heavy atom. The number of esters is 1. The lowest BCUT2D eigenvalue weighted by atomic mass is 10.1. The predicted molar refractivity (Wildman–Crippen MR) is 68.6 cm³/mol. The van der Waals surface area contributed by atoms with Crippen molar-refractivity contribution < 1.29 is 17.9 Å². The first-order chi connectivity index (χ1) is 8.49. The Balaban J connectivity index is 2.38. The normalized spacial score (nSPS) is 21.1. The van der Waals surface area contributed by atoms with Gasteiger partial charge in [-0.05, 0) is 32.4 Å². The molecule has 0 radical (unpaired) electrons. The number of rotatable bonds is 7. The first-order valence-electron chi connectivity index (χ1n) is 6.19. The van der Waals surface area contributed by atoms with Crippen LogP contribution < -0.4 is 5.32 Å². The Labute approximate surface area is 109 Å². The predicted octanol–water partition coefficient (Wildman–Crippen LogP) is -0.189. The summed E-state index contributed by atoms with van der Waals surface area (Å²) in [5.74, 6) is 0.0547. The first-order valence-corrected chi connectivity index (χ1v) is 7.79. The molecule has 1 aliphatic heterocycles. The molecule has 0 aromatic heterocycles. The number of carbonyl (C=O) groups is 1. The Bertz CT molecular complexity index is 369. The van der Waals surface area contributed by atoms with Crippen LogP contribution in [0.5, 0.6) is 0 Å². The molecule has 1 N–H and O–H groups in total. The maximum Gasteiger partial charge on any atom is 0.305 e. The molecule has 1 saturated heterocycles. The van der Waals surface area contributed by atoms with Crippen LogP contribution in [0.15, 0.2) is 0 Å². The summed E-state index contributed by atoms with van der Waals surface area (Å²) in [5.41, 5.74) is 0. The standard InChI is InChI=1S/C11H22N2O4S/c1-12-8-10-5-6-13(9-10)18(15,16)7-3-4-11(14)17-2/h10,12H,3-9H2,1-2H3.